The van der Waals surface area contributed by atoms with Crippen molar-refractivity contribution in [3.63, 3.8) is 0 Å². The van der Waals surface area contributed by atoms with E-state index in [1.165, 1.54) is 0 Å². The Kier molecular flexibility index (Phi) is 3.15. The molecule has 16 heavy (non-hydrogen) atoms. The van der Waals surface area contributed by atoms with E-state index in [-0.39, 0.29) is 0 Å². The van der Waals surface area contributed by atoms with E-state index in [0.29, 0.717) is 5.88 Å². The number of hydrogen-bond donors (Lipinski definition) is 0. The van der Waals surface area contributed by atoms with Gasteiger partial charge in [-0.05, 0) is 30.2 Å². The topological polar surface area (TPSA) is 35.0 Å². The Morgan fingerprint density at radius 3 is 2.62 bits per heavy atom. The highest BCUT2D eigenvalue weighted by atomic mass is 16.5. The molecule has 0 amide bonds. The van der Waals surface area contributed by atoms with Gasteiger partial charge in [0, 0.05) is 29.7 Å². The van der Waals surface area contributed by atoms with Gasteiger partial charge in [0.05, 0.1) is 7.11 Å². The van der Waals surface area contributed by atoms with Crippen LogP contribution in [0, 0.1) is 0 Å². The van der Waals surface area contributed by atoms with Gasteiger partial charge in [-0.15, -0.1) is 0 Å². The number of methoxy groups -OCH3 is 1. The molecule has 2 aromatic heterocycles. The molecule has 3 heteroatoms. The summed E-state index contributed by atoms with van der Waals surface area (Å²) in [5, 5.41) is 0. The zero-order valence-electron chi connectivity index (χ0n) is 9.47. The molecule has 0 atom stereocenters. The Bertz CT molecular complexity index is 466. The van der Waals surface area contributed by atoms with E-state index in [1.54, 1.807) is 7.11 Å². The quantitative estimate of drug-likeness (QED) is 0.788. The maximum absolute atomic E-state index is 5.03. The third-order valence-corrected chi connectivity index (χ3v) is 2.46. The van der Waals surface area contributed by atoms with Crippen LogP contribution in [0.2, 0.25) is 0 Å². The first-order chi connectivity index (χ1) is 7.83. The van der Waals surface area contributed by atoms with Crippen LogP contribution in [0.1, 0.15) is 12.6 Å². The SMILES string of the molecule is CCc1cc(-c2ccc(OC)nc2)ccn1. The van der Waals surface area contributed by atoms with E-state index >= 15 is 0 Å². The van der Waals surface area contributed by atoms with Crippen molar-refractivity contribution in [3.8, 4) is 17.0 Å². The van der Waals surface area contributed by atoms with Gasteiger partial charge in [-0.3, -0.25) is 4.98 Å². The molecule has 0 aromatic carbocycles. The first-order valence-electron chi connectivity index (χ1n) is 5.29. The number of aryl methyl sites for hydroxylation is 1. The molecular formula is C13H14N2O. The molecule has 0 unspecified atom stereocenters. The minimum atomic E-state index is 0.633. The van der Waals surface area contributed by atoms with Crippen molar-refractivity contribution in [2.24, 2.45) is 0 Å². The number of pyridine rings is 2. The lowest BCUT2D eigenvalue weighted by Crippen LogP contribution is -1.89. The van der Waals surface area contributed by atoms with Crippen molar-refractivity contribution in [2.75, 3.05) is 7.11 Å². The van der Waals surface area contributed by atoms with Crippen LogP contribution in [-0.2, 0) is 6.42 Å². The van der Waals surface area contributed by atoms with Crippen LogP contribution >= 0.6 is 0 Å². The highest BCUT2D eigenvalue weighted by Crippen LogP contribution is 2.20. The van der Waals surface area contributed by atoms with Crippen LogP contribution in [0.25, 0.3) is 11.1 Å². The summed E-state index contributed by atoms with van der Waals surface area (Å²) in [6.07, 6.45) is 4.59. The molecule has 0 aliphatic carbocycles. The highest BCUT2D eigenvalue weighted by Gasteiger charge is 2.00. The molecule has 82 valence electrons. The molecule has 0 fully saturated rings. The smallest absolute Gasteiger partial charge is 0.212 e. The maximum atomic E-state index is 5.03. The van der Waals surface area contributed by atoms with Gasteiger partial charge in [-0.2, -0.15) is 0 Å². The highest BCUT2D eigenvalue weighted by molar-refractivity contribution is 5.62. The second kappa shape index (κ2) is 4.75. The summed E-state index contributed by atoms with van der Waals surface area (Å²) in [6.45, 7) is 2.10. The average molecular weight is 214 g/mol. The van der Waals surface area contributed by atoms with E-state index in [4.69, 9.17) is 4.74 Å². The molecule has 0 aliphatic heterocycles. The first kappa shape index (κ1) is 10.6. The molecule has 0 bridgehead atoms. The largest absolute Gasteiger partial charge is 0.481 e. The summed E-state index contributed by atoms with van der Waals surface area (Å²) in [7, 11) is 1.61. The van der Waals surface area contributed by atoms with E-state index in [2.05, 4.69) is 23.0 Å². The minimum Gasteiger partial charge on any atom is -0.481 e. The maximum Gasteiger partial charge on any atom is 0.212 e. The standard InChI is InChI=1S/C13H14N2O/c1-3-12-8-10(6-7-14-12)11-4-5-13(16-2)15-9-11/h4-9H,3H2,1-2H3. The summed E-state index contributed by atoms with van der Waals surface area (Å²) < 4.78 is 5.03. The summed E-state index contributed by atoms with van der Waals surface area (Å²) in [6, 6.07) is 7.94. The molecule has 0 saturated carbocycles. The predicted octanol–water partition coefficient (Wildman–Crippen LogP) is 2.71. The lowest BCUT2D eigenvalue weighted by atomic mass is 10.1. The van der Waals surface area contributed by atoms with E-state index in [9.17, 15) is 0 Å². The van der Waals surface area contributed by atoms with Crippen molar-refractivity contribution >= 4 is 0 Å². The van der Waals surface area contributed by atoms with Gasteiger partial charge >= 0.3 is 0 Å². The van der Waals surface area contributed by atoms with E-state index in [1.807, 2.05) is 30.6 Å². The van der Waals surface area contributed by atoms with Gasteiger partial charge in [-0.25, -0.2) is 4.98 Å². The van der Waals surface area contributed by atoms with E-state index in [0.717, 1.165) is 23.2 Å². The third-order valence-electron chi connectivity index (χ3n) is 2.46. The van der Waals surface area contributed by atoms with Crippen molar-refractivity contribution in [3.05, 3.63) is 42.4 Å². The Hall–Kier alpha value is -1.90. The molecule has 0 saturated heterocycles. The minimum absolute atomic E-state index is 0.633. The van der Waals surface area contributed by atoms with E-state index < -0.39 is 0 Å². The van der Waals surface area contributed by atoms with Gasteiger partial charge < -0.3 is 4.74 Å². The Morgan fingerprint density at radius 1 is 1.12 bits per heavy atom. The second-order valence-electron chi connectivity index (χ2n) is 3.48. The number of rotatable bonds is 3. The number of aromatic nitrogens is 2. The summed E-state index contributed by atoms with van der Waals surface area (Å²) in [5.41, 5.74) is 3.31. The van der Waals surface area contributed by atoms with Crippen LogP contribution in [0.15, 0.2) is 36.7 Å². The zero-order valence-corrected chi connectivity index (χ0v) is 9.47. The fourth-order valence-corrected chi connectivity index (χ4v) is 1.52. The van der Waals surface area contributed by atoms with Crippen molar-refractivity contribution in [1.82, 2.24) is 9.97 Å². The summed E-state index contributed by atoms with van der Waals surface area (Å²) >= 11 is 0. The zero-order chi connectivity index (χ0) is 11.4. The Labute approximate surface area is 95.1 Å². The number of ether oxygens (including phenoxy) is 1. The number of hydrogen-bond acceptors (Lipinski definition) is 3. The van der Waals surface area contributed by atoms with Gasteiger partial charge in [0.1, 0.15) is 0 Å². The van der Waals surface area contributed by atoms with Crippen LogP contribution in [-0.4, -0.2) is 17.1 Å². The predicted molar refractivity (Wildman–Crippen MR) is 63.4 cm³/mol. The van der Waals surface area contributed by atoms with Gasteiger partial charge in [0.25, 0.3) is 0 Å². The van der Waals surface area contributed by atoms with Gasteiger partial charge in [0.15, 0.2) is 0 Å². The monoisotopic (exact) mass is 214 g/mol. The Balaban J connectivity index is 2.34. The van der Waals surface area contributed by atoms with Gasteiger partial charge in [0.2, 0.25) is 5.88 Å². The Morgan fingerprint density at radius 2 is 2.00 bits per heavy atom. The first-order valence-corrected chi connectivity index (χ1v) is 5.29. The summed E-state index contributed by atoms with van der Waals surface area (Å²) in [4.78, 5) is 8.46. The van der Waals surface area contributed by atoms with Crippen molar-refractivity contribution in [1.29, 1.82) is 0 Å². The van der Waals surface area contributed by atoms with Crippen LogP contribution in [0.3, 0.4) is 0 Å². The summed E-state index contributed by atoms with van der Waals surface area (Å²) in [5.74, 6) is 0.633. The molecule has 2 aromatic rings. The van der Waals surface area contributed by atoms with Crippen LogP contribution in [0.5, 0.6) is 5.88 Å². The van der Waals surface area contributed by atoms with Crippen molar-refractivity contribution in [2.45, 2.75) is 13.3 Å². The lowest BCUT2D eigenvalue weighted by molar-refractivity contribution is 0.398. The fourth-order valence-electron chi connectivity index (χ4n) is 1.52. The molecule has 2 rings (SSSR count). The number of nitrogens with zero attached hydrogens (tertiary/aromatic N) is 2. The molecule has 0 aliphatic rings. The third kappa shape index (κ3) is 2.19. The molecule has 0 spiro atoms. The molecule has 3 nitrogen and oxygen atoms in total. The molecular weight excluding hydrogens is 200 g/mol. The molecule has 0 radical (unpaired) electrons. The normalized spacial score (nSPS) is 10.1. The van der Waals surface area contributed by atoms with Crippen LogP contribution < -0.4 is 4.74 Å². The van der Waals surface area contributed by atoms with Crippen molar-refractivity contribution < 1.29 is 4.74 Å². The van der Waals surface area contributed by atoms with Crippen LogP contribution in [0.4, 0.5) is 0 Å². The fraction of sp³-hybridized carbons (Fsp3) is 0.231. The molecule has 2 heterocycles. The molecule has 0 N–H and O–H groups in total. The average Bonchev–Trinajstić information content (AvgIpc) is 2.39. The second-order valence-corrected chi connectivity index (χ2v) is 3.48. The van der Waals surface area contributed by atoms with Gasteiger partial charge in [-0.1, -0.05) is 6.92 Å². The lowest BCUT2D eigenvalue weighted by Gasteiger charge is -2.04.